The van der Waals surface area contributed by atoms with Crippen LogP contribution in [0.5, 0.6) is 0 Å². The number of anilines is 2. The molecule has 2 rings (SSSR count). The number of aromatic nitrogens is 1. The summed E-state index contributed by atoms with van der Waals surface area (Å²) in [7, 11) is 0. The highest BCUT2D eigenvalue weighted by atomic mass is 15.3. The van der Waals surface area contributed by atoms with Gasteiger partial charge in [-0.25, -0.2) is 10.8 Å². The van der Waals surface area contributed by atoms with Gasteiger partial charge >= 0.3 is 0 Å². The summed E-state index contributed by atoms with van der Waals surface area (Å²) >= 11 is 0. The first-order valence-electron chi connectivity index (χ1n) is 6.59. The molecule has 2 heterocycles. The van der Waals surface area contributed by atoms with Gasteiger partial charge in [-0.2, -0.15) is 0 Å². The van der Waals surface area contributed by atoms with Crippen LogP contribution in [0.15, 0.2) is 18.3 Å². The van der Waals surface area contributed by atoms with Gasteiger partial charge in [0.2, 0.25) is 0 Å². The SMILES string of the molecule is CC(C)CN1CCN(c2ccnc(NN)c2)CC1. The molecule has 0 aromatic carbocycles. The first-order chi connectivity index (χ1) is 8.69. The summed E-state index contributed by atoms with van der Waals surface area (Å²) in [6.45, 7) is 10.1. The van der Waals surface area contributed by atoms with Gasteiger partial charge in [0.25, 0.3) is 0 Å². The van der Waals surface area contributed by atoms with E-state index in [2.05, 4.69) is 34.1 Å². The Balaban J connectivity index is 1.92. The smallest absolute Gasteiger partial charge is 0.141 e. The van der Waals surface area contributed by atoms with Crippen molar-refractivity contribution >= 4 is 11.5 Å². The van der Waals surface area contributed by atoms with Gasteiger partial charge in [0.05, 0.1) is 0 Å². The van der Waals surface area contributed by atoms with Crippen molar-refractivity contribution in [1.82, 2.24) is 9.88 Å². The average molecular weight is 249 g/mol. The summed E-state index contributed by atoms with van der Waals surface area (Å²) in [6, 6.07) is 4.04. The standard InChI is InChI=1S/C13H23N5/c1-11(2)10-17-5-7-18(8-6-17)12-3-4-15-13(9-12)16-14/h3-4,9,11H,5-8,10,14H2,1-2H3,(H,15,16). The molecule has 0 atom stereocenters. The monoisotopic (exact) mass is 249 g/mol. The van der Waals surface area contributed by atoms with Gasteiger partial charge in [0, 0.05) is 50.7 Å². The van der Waals surface area contributed by atoms with E-state index in [1.54, 1.807) is 6.20 Å². The van der Waals surface area contributed by atoms with E-state index in [9.17, 15) is 0 Å². The van der Waals surface area contributed by atoms with Crippen LogP contribution in [0.1, 0.15) is 13.8 Å². The quantitative estimate of drug-likeness (QED) is 0.619. The van der Waals surface area contributed by atoms with Crippen LogP contribution in [0.3, 0.4) is 0 Å². The van der Waals surface area contributed by atoms with Crippen molar-refractivity contribution < 1.29 is 0 Å². The molecule has 1 aromatic heterocycles. The molecule has 18 heavy (non-hydrogen) atoms. The van der Waals surface area contributed by atoms with Gasteiger partial charge in [0.15, 0.2) is 0 Å². The van der Waals surface area contributed by atoms with Crippen LogP contribution < -0.4 is 16.2 Å². The molecule has 1 aromatic rings. The van der Waals surface area contributed by atoms with Gasteiger partial charge in [-0.05, 0) is 12.0 Å². The van der Waals surface area contributed by atoms with E-state index in [4.69, 9.17) is 5.84 Å². The summed E-state index contributed by atoms with van der Waals surface area (Å²) < 4.78 is 0. The van der Waals surface area contributed by atoms with E-state index in [0.29, 0.717) is 0 Å². The zero-order valence-electron chi connectivity index (χ0n) is 11.3. The highest BCUT2D eigenvalue weighted by Gasteiger charge is 2.17. The zero-order valence-corrected chi connectivity index (χ0v) is 11.3. The molecule has 0 spiro atoms. The minimum atomic E-state index is 0.720. The van der Waals surface area contributed by atoms with Crippen LogP contribution in [-0.2, 0) is 0 Å². The molecule has 0 bridgehead atoms. The molecular weight excluding hydrogens is 226 g/mol. The maximum absolute atomic E-state index is 5.39. The predicted octanol–water partition coefficient (Wildman–Crippen LogP) is 1.15. The second kappa shape index (κ2) is 6.02. The van der Waals surface area contributed by atoms with Crippen molar-refractivity contribution in [3.63, 3.8) is 0 Å². The van der Waals surface area contributed by atoms with Crippen molar-refractivity contribution in [1.29, 1.82) is 0 Å². The maximum atomic E-state index is 5.39. The number of nitrogens with one attached hydrogen (secondary N) is 1. The summed E-state index contributed by atoms with van der Waals surface area (Å²) in [5.41, 5.74) is 3.79. The number of hydrazine groups is 1. The Morgan fingerprint density at radius 3 is 2.67 bits per heavy atom. The molecule has 1 saturated heterocycles. The number of pyridine rings is 1. The first kappa shape index (κ1) is 13.1. The number of rotatable bonds is 4. The fourth-order valence-electron chi connectivity index (χ4n) is 2.40. The molecule has 0 saturated carbocycles. The zero-order chi connectivity index (χ0) is 13.0. The molecule has 0 unspecified atom stereocenters. The molecule has 0 radical (unpaired) electrons. The van der Waals surface area contributed by atoms with Gasteiger partial charge in [-0.15, -0.1) is 0 Å². The Bertz CT molecular complexity index is 371. The van der Waals surface area contributed by atoms with Crippen LogP contribution in [-0.4, -0.2) is 42.6 Å². The van der Waals surface area contributed by atoms with Gasteiger partial charge in [0.1, 0.15) is 5.82 Å². The second-order valence-corrected chi connectivity index (χ2v) is 5.23. The molecule has 5 heteroatoms. The first-order valence-corrected chi connectivity index (χ1v) is 6.59. The van der Waals surface area contributed by atoms with E-state index in [-0.39, 0.29) is 0 Å². The fraction of sp³-hybridized carbons (Fsp3) is 0.615. The van der Waals surface area contributed by atoms with E-state index in [1.807, 2.05) is 12.1 Å². The van der Waals surface area contributed by atoms with Crippen LogP contribution >= 0.6 is 0 Å². The Hall–Kier alpha value is -1.33. The lowest BCUT2D eigenvalue weighted by atomic mass is 10.2. The summed E-state index contributed by atoms with van der Waals surface area (Å²) in [6.07, 6.45) is 1.80. The fourth-order valence-corrected chi connectivity index (χ4v) is 2.40. The highest BCUT2D eigenvalue weighted by Crippen LogP contribution is 2.18. The Kier molecular flexibility index (Phi) is 4.38. The van der Waals surface area contributed by atoms with Crippen molar-refractivity contribution in [3.05, 3.63) is 18.3 Å². The molecule has 0 amide bonds. The lowest BCUT2D eigenvalue weighted by Crippen LogP contribution is -2.47. The third kappa shape index (κ3) is 3.34. The third-order valence-electron chi connectivity index (χ3n) is 3.25. The van der Waals surface area contributed by atoms with E-state index >= 15 is 0 Å². The number of hydrogen-bond donors (Lipinski definition) is 2. The van der Waals surface area contributed by atoms with Crippen LogP contribution in [0.4, 0.5) is 11.5 Å². The van der Waals surface area contributed by atoms with E-state index in [1.165, 1.54) is 12.2 Å². The minimum absolute atomic E-state index is 0.720. The molecular formula is C13H23N5. The van der Waals surface area contributed by atoms with E-state index < -0.39 is 0 Å². The molecule has 5 nitrogen and oxygen atoms in total. The number of piperazine rings is 1. The van der Waals surface area contributed by atoms with Crippen molar-refractivity contribution in [2.75, 3.05) is 43.0 Å². The highest BCUT2D eigenvalue weighted by molar-refractivity contribution is 5.53. The molecule has 1 aliphatic rings. The van der Waals surface area contributed by atoms with Crippen molar-refractivity contribution in [2.45, 2.75) is 13.8 Å². The largest absolute Gasteiger partial charge is 0.369 e. The van der Waals surface area contributed by atoms with Gasteiger partial charge in [-0.1, -0.05) is 13.8 Å². The number of hydrogen-bond acceptors (Lipinski definition) is 5. The third-order valence-corrected chi connectivity index (χ3v) is 3.25. The summed E-state index contributed by atoms with van der Waals surface area (Å²) in [5.74, 6) is 6.85. The number of nitrogens with zero attached hydrogens (tertiary/aromatic N) is 3. The molecule has 1 fully saturated rings. The van der Waals surface area contributed by atoms with Crippen LogP contribution in [0.2, 0.25) is 0 Å². The number of nitrogens with two attached hydrogens (primary N) is 1. The lowest BCUT2D eigenvalue weighted by Gasteiger charge is -2.36. The minimum Gasteiger partial charge on any atom is -0.369 e. The average Bonchev–Trinajstić information content (AvgIpc) is 2.39. The molecule has 100 valence electrons. The molecule has 0 aliphatic carbocycles. The Morgan fingerprint density at radius 1 is 1.33 bits per heavy atom. The van der Waals surface area contributed by atoms with Crippen molar-refractivity contribution in [2.24, 2.45) is 11.8 Å². The Labute approximate surface area is 109 Å². The summed E-state index contributed by atoms with van der Waals surface area (Å²) in [5, 5.41) is 0. The number of nitrogen functional groups attached to an aromatic ring is 1. The lowest BCUT2D eigenvalue weighted by molar-refractivity contribution is 0.231. The second-order valence-electron chi connectivity index (χ2n) is 5.23. The van der Waals surface area contributed by atoms with Gasteiger partial charge in [-0.3, -0.25) is 4.90 Å². The topological polar surface area (TPSA) is 57.4 Å². The molecule has 3 N–H and O–H groups in total. The van der Waals surface area contributed by atoms with Crippen LogP contribution in [0.25, 0.3) is 0 Å². The summed E-state index contributed by atoms with van der Waals surface area (Å²) in [4.78, 5) is 9.05. The van der Waals surface area contributed by atoms with Crippen LogP contribution in [0, 0.1) is 5.92 Å². The van der Waals surface area contributed by atoms with Crippen molar-refractivity contribution in [3.8, 4) is 0 Å². The maximum Gasteiger partial charge on any atom is 0.141 e. The van der Waals surface area contributed by atoms with Gasteiger partial charge < -0.3 is 10.3 Å². The predicted molar refractivity (Wildman–Crippen MR) is 75.5 cm³/mol. The normalized spacial score (nSPS) is 17.2. The molecule has 1 aliphatic heterocycles. The Morgan fingerprint density at radius 2 is 2.06 bits per heavy atom. The van der Waals surface area contributed by atoms with E-state index in [0.717, 1.165) is 37.9 Å².